The van der Waals surface area contributed by atoms with Gasteiger partial charge in [-0.15, -0.1) is 0 Å². The number of H-pyrrole nitrogens is 1. The fourth-order valence-corrected chi connectivity index (χ4v) is 4.85. The van der Waals surface area contributed by atoms with E-state index in [0.29, 0.717) is 36.9 Å². The lowest BCUT2D eigenvalue weighted by Gasteiger charge is -2.26. The van der Waals surface area contributed by atoms with Crippen molar-refractivity contribution in [3.8, 4) is 17.1 Å². The van der Waals surface area contributed by atoms with E-state index in [1.807, 2.05) is 35.8 Å². The van der Waals surface area contributed by atoms with Crippen molar-refractivity contribution in [2.75, 3.05) is 26.3 Å². The third-order valence-corrected chi connectivity index (χ3v) is 6.84. The lowest BCUT2D eigenvalue weighted by atomic mass is 10.2. The molecule has 1 aliphatic rings. The predicted molar refractivity (Wildman–Crippen MR) is 108 cm³/mol. The highest BCUT2D eigenvalue weighted by molar-refractivity contribution is 7.89. The number of aryl methyl sites for hydroxylation is 1. The summed E-state index contributed by atoms with van der Waals surface area (Å²) in [5, 5.41) is 7.17. The van der Waals surface area contributed by atoms with E-state index in [9.17, 15) is 8.42 Å². The number of aromatic amines is 1. The van der Waals surface area contributed by atoms with Gasteiger partial charge in [0.15, 0.2) is 10.6 Å². The molecule has 0 unspecified atom stereocenters. The normalized spacial score (nSPS) is 15.6. The number of aromatic nitrogens is 3. The summed E-state index contributed by atoms with van der Waals surface area (Å²) < 4.78 is 34.6. The highest BCUT2D eigenvalue weighted by atomic mass is 32.2. The average molecular weight is 417 g/mol. The Labute approximate surface area is 168 Å². The van der Waals surface area contributed by atoms with Crippen LogP contribution in [0.25, 0.3) is 17.1 Å². The molecule has 1 fully saturated rings. The number of nitrogens with zero attached hydrogens (tertiary/aromatic N) is 3. The SMILES string of the molecule is Cc1cccc(-n2c(-c3ccc(S(=O)(=O)N4CCOCC4)cc3)n[nH]c2=S)c1. The van der Waals surface area contributed by atoms with Crippen molar-refractivity contribution in [1.82, 2.24) is 19.1 Å². The van der Waals surface area contributed by atoms with E-state index in [0.717, 1.165) is 16.8 Å². The first kappa shape index (κ1) is 19.0. The summed E-state index contributed by atoms with van der Waals surface area (Å²) in [6, 6.07) is 14.7. The molecule has 1 aromatic heterocycles. The second-order valence-electron chi connectivity index (χ2n) is 6.57. The van der Waals surface area contributed by atoms with Crippen molar-refractivity contribution in [3.05, 3.63) is 58.9 Å². The maximum absolute atomic E-state index is 12.8. The fourth-order valence-electron chi connectivity index (χ4n) is 3.21. The molecule has 3 aromatic rings. The quantitative estimate of drug-likeness (QED) is 0.662. The van der Waals surface area contributed by atoms with Gasteiger partial charge in [0.25, 0.3) is 0 Å². The van der Waals surface area contributed by atoms with Gasteiger partial charge in [-0.2, -0.15) is 9.40 Å². The lowest BCUT2D eigenvalue weighted by molar-refractivity contribution is 0.0730. The number of sulfonamides is 1. The van der Waals surface area contributed by atoms with Gasteiger partial charge in [0, 0.05) is 18.7 Å². The summed E-state index contributed by atoms with van der Waals surface area (Å²) in [5.74, 6) is 0.630. The van der Waals surface area contributed by atoms with Crippen LogP contribution in [0.1, 0.15) is 5.56 Å². The average Bonchev–Trinajstić information content (AvgIpc) is 3.10. The van der Waals surface area contributed by atoms with Crippen molar-refractivity contribution < 1.29 is 13.2 Å². The van der Waals surface area contributed by atoms with E-state index in [4.69, 9.17) is 17.0 Å². The molecule has 1 saturated heterocycles. The van der Waals surface area contributed by atoms with E-state index in [1.54, 1.807) is 24.3 Å². The van der Waals surface area contributed by atoms with Crippen LogP contribution in [0.2, 0.25) is 0 Å². The molecule has 1 aliphatic heterocycles. The lowest BCUT2D eigenvalue weighted by Crippen LogP contribution is -2.40. The van der Waals surface area contributed by atoms with Crippen molar-refractivity contribution in [2.24, 2.45) is 0 Å². The van der Waals surface area contributed by atoms with Gasteiger partial charge < -0.3 is 4.74 Å². The van der Waals surface area contributed by atoms with Gasteiger partial charge in [0.05, 0.1) is 23.8 Å². The molecule has 0 atom stereocenters. The molecular weight excluding hydrogens is 396 g/mol. The Morgan fingerprint density at radius 3 is 2.50 bits per heavy atom. The smallest absolute Gasteiger partial charge is 0.243 e. The molecule has 2 heterocycles. The fraction of sp³-hybridized carbons (Fsp3) is 0.263. The number of morpholine rings is 1. The predicted octanol–water partition coefficient (Wildman–Crippen LogP) is 2.93. The molecule has 1 N–H and O–H groups in total. The van der Waals surface area contributed by atoms with Gasteiger partial charge in [-0.25, -0.2) is 8.42 Å². The van der Waals surface area contributed by atoms with Crippen LogP contribution in [-0.2, 0) is 14.8 Å². The Hall–Kier alpha value is -2.33. The molecule has 0 amide bonds. The molecule has 0 radical (unpaired) electrons. The van der Waals surface area contributed by atoms with Gasteiger partial charge in [0.2, 0.25) is 10.0 Å². The van der Waals surface area contributed by atoms with E-state index in [2.05, 4.69) is 10.2 Å². The Morgan fingerprint density at radius 1 is 1.11 bits per heavy atom. The summed E-state index contributed by atoms with van der Waals surface area (Å²) >= 11 is 5.40. The van der Waals surface area contributed by atoms with E-state index < -0.39 is 10.0 Å². The standard InChI is InChI=1S/C19H20N4O3S2/c1-14-3-2-4-16(13-14)23-18(20-21-19(23)27)15-5-7-17(8-6-15)28(24,25)22-9-11-26-12-10-22/h2-8,13H,9-12H2,1H3,(H,21,27). The molecule has 0 aliphatic carbocycles. The third-order valence-electron chi connectivity index (χ3n) is 4.65. The Bertz CT molecular complexity index is 1140. The van der Waals surface area contributed by atoms with Crippen LogP contribution in [-0.4, -0.2) is 53.8 Å². The summed E-state index contributed by atoms with van der Waals surface area (Å²) in [6.07, 6.45) is 0. The van der Waals surface area contributed by atoms with Crippen LogP contribution in [0.4, 0.5) is 0 Å². The van der Waals surface area contributed by atoms with E-state index in [1.165, 1.54) is 4.31 Å². The number of hydrogen-bond acceptors (Lipinski definition) is 5. The van der Waals surface area contributed by atoms with Gasteiger partial charge >= 0.3 is 0 Å². The van der Waals surface area contributed by atoms with Crippen LogP contribution in [0.5, 0.6) is 0 Å². The molecule has 2 aromatic carbocycles. The third kappa shape index (κ3) is 3.53. The molecule has 0 bridgehead atoms. The maximum atomic E-state index is 12.8. The molecule has 28 heavy (non-hydrogen) atoms. The van der Waals surface area contributed by atoms with Gasteiger partial charge in [-0.3, -0.25) is 9.67 Å². The molecule has 9 heteroatoms. The zero-order valence-corrected chi connectivity index (χ0v) is 17.0. The minimum absolute atomic E-state index is 0.259. The number of nitrogens with one attached hydrogen (secondary N) is 1. The minimum Gasteiger partial charge on any atom is -0.379 e. The molecule has 0 saturated carbocycles. The van der Waals surface area contributed by atoms with E-state index >= 15 is 0 Å². The maximum Gasteiger partial charge on any atom is 0.243 e. The second kappa shape index (κ2) is 7.59. The molecular formula is C19H20N4O3S2. The zero-order valence-electron chi connectivity index (χ0n) is 15.3. The van der Waals surface area contributed by atoms with Crippen LogP contribution in [0.3, 0.4) is 0 Å². The van der Waals surface area contributed by atoms with E-state index in [-0.39, 0.29) is 4.90 Å². The van der Waals surface area contributed by atoms with Gasteiger partial charge in [0.1, 0.15) is 0 Å². The molecule has 4 rings (SSSR count). The first-order chi connectivity index (χ1) is 13.5. The van der Waals surface area contributed by atoms with Crippen molar-refractivity contribution in [2.45, 2.75) is 11.8 Å². The van der Waals surface area contributed by atoms with Crippen LogP contribution >= 0.6 is 12.2 Å². The molecule has 0 spiro atoms. The first-order valence-corrected chi connectivity index (χ1v) is 10.7. The Morgan fingerprint density at radius 2 is 1.82 bits per heavy atom. The highest BCUT2D eigenvalue weighted by Crippen LogP contribution is 2.25. The summed E-state index contributed by atoms with van der Waals surface area (Å²) in [5.41, 5.74) is 2.78. The van der Waals surface area contributed by atoms with Crippen molar-refractivity contribution in [3.63, 3.8) is 0 Å². The van der Waals surface area contributed by atoms with Gasteiger partial charge in [-0.05, 0) is 61.1 Å². The number of rotatable bonds is 4. The van der Waals surface area contributed by atoms with Crippen LogP contribution in [0, 0.1) is 11.7 Å². The van der Waals surface area contributed by atoms with Crippen LogP contribution < -0.4 is 0 Å². The van der Waals surface area contributed by atoms with Crippen LogP contribution in [0.15, 0.2) is 53.4 Å². The number of ether oxygens (including phenoxy) is 1. The van der Waals surface area contributed by atoms with Gasteiger partial charge in [-0.1, -0.05) is 12.1 Å². The summed E-state index contributed by atoms with van der Waals surface area (Å²) in [4.78, 5) is 0.259. The minimum atomic E-state index is -3.53. The Balaban J connectivity index is 1.70. The molecule has 7 nitrogen and oxygen atoms in total. The second-order valence-corrected chi connectivity index (χ2v) is 8.89. The summed E-state index contributed by atoms with van der Waals surface area (Å²) in [6.45, 7) is 3.59. The largest absolute Gasteiger partial charge is 0.379 e. The number of benzene rings is 2. The topological polar surface area (TPSA) is 80.2 Å². The first-order valence-electron chi connectivity index (χ1n) is 8.89. The van der Waals surface area contributed by atoms with Crippen molar-refractivity contribution in [1.29, 1.82) is 0 Å². The summed E-state index contributed by atoms with van der Waals surface area (Å²) in [7, 11) is -3.53. The monoisotopic (exact) mass is 416 g/mol. The van der Waals surface area contributed by atoms with Crippen molar-refractivity contribution >= 4 is 22.2 Å². The highest BCUT2D eigenvalue weighted by Gasteiger charge is 2.26. The zero-order chi connectivity index (χ0) is 19.7. The molecule has 146 valence electrons. The number of hydrogen-bond donors (Lipinski definition) is 1. The Kier molecular flexibility index (Phi) is 5.15.